The van der Waals surface area contributed by atoms with E-state index < -0.39 is 50.6 Å². The van der Waals surface area contributed by atoms with Gasteiger partial charge in [0, 0.05) is 5.75 Å². The van der Waals surface area contributed by atoms with Gasteiger partial charge in [-0.3, -0.25) is 0 Å². The first kappa shape index (κ1) is 38.7. The molecule has 6 atom stereocenters. The first-order valence-electron chi connectivity index (χ1n) is 17.9. The Kier molecular flexibility index (Phi) is 14.1. The fraction of sp³-hybridized carbons (Fsp3) is 0.302. The Bertz CT molecular complexity index is 1960. The van der Waals surface area contributed by atoms with Crippen LogP contribution in [0.5, 0.6) is 0 Å². The van der Waals surface area contributed by atoms with Crippen molar-refractivity contribution in [2.24, 2.45) is 3.77 Å². The number of hydrogen-bond acceptors (Lipinski definition) is 7. The van der Waals surface area contributed by atoms with Gasteiger partial charge in [0.25, 0.3) is 10.0 Å². The predicted octanol–water partition coefficient (Wildman–Crippen LogP) is 8.20. The molecule has 8 nitrogen and oxygen atoms in total. The lowest BCUT2D eigenvalue weighted by Crippen LogP contribution is -2.62. The molecule has 0 bridgehead atoms. The van der Waals surface area contributed by atoms with Crippen molar-refractivity contribution in [2.75, 3.05) is 12.4 Å². The summed E-state index contributed by atoms with van der Waals surface area (Å²) in [5, 5.41) is 0. The van der Waals surface area contributed by atoms with Gasteiger partial charge < -0.3 is 23.7 Å². The molecule has 0 saturated carbocycles. The maximum absolute atomic E-state index is 13.8. The van der Waals surface area contributed by atoms with E-state index in [1.807, 2.05) is 135 Å². The molecule has 53 heavy (non-hydrogen) atoms. The fourth-order valence-electron chi connectivity index (χ4n) is 6.10. The van der Waals surface area contributed by atoms with E-state index in [1.54, 1.807) is 24.3 Å². The van der Waals surface area contributed by atoms with Crippen LogP contribution in [0.1, 0.15) is 34.7 Å². The quantitative estimate of drug-likeness (QED) is 0.0946. The molecular formula is C43H47NO7S2. The van der Waals surface area contributed by atoms with Gasteiger partial charge in [0.1, 0.15) is 29.9 Å². The molecule has 0 aliphatic carbocycles. The number of nitrogens with zero attached hydrogens (tertiary/aromatic N) is 1. The maximum Gasteiger partial charge on any atom is 0.287 e. The van der Waals surface area contributed by atoms with Gasteiger partial charge in [0.15, 0.2) is 0 Å². The highest BCUT2D eigenvalue weighted by atomic mass is 32.3. The molecule has 1 aliphatic rings. The molecule has 0 spiro atoms. The molecular weight excluding hydrogens is 707 g/mol. The third-order valence-electron chi connectivity index (χ3n) is 8.92. The Labute approximate surface area is 316 Å². The largest absolute Gasteiger partial charge is 0.374 e. The summed E-state index contributed by atoms with van der Waals surface area (Å²) in [6, 6.07) is 46.4. The van der Waals surface area contributed by atoms with Gasteiger partial charge in [0.2, 0.25) is 0 Å². The van der Waals surface area contributed by atoms with Crippen LogP contribution in [0.25, 0.3) is 0 Å². The van der Waals surface area contributed by atoms with Gasteiger partial charge in [-0.1, -0.05) is 157 Å². The molecule has 0 aromatic heterocycles. The van der Waals surface area contributed by atoms with E-state index in [0.717, 1.165) is 27.8 Å². The highest BCUT2D eigenvalue weighted by molar-refractivity contribution is 8.00. The van der Waals surface area contributed by atoms with Crippen molar-refractivity contribution in [2.45, 2.75) is 75.0 Å². The van der Waals surface area contributed by atoms with Crippen LogP contribution in [-0.2, 0) is 70.8 Å². The minimum absolute atomic E-state index is 0.135. The van der Waals surface area contributed by atoms with Crippen molar-refractivity contribution in [1.82, 2.24) is 0 Å². The van der Waals surface area contributed by atoms with Crippen LogP contribution in [0.15, 0.2) is 154 Å². The molecule has 5 aromatic rings. The number of rotatable bonds is 17. The van der Waals surface area contributed by atoms with E-state index in [1.165, 1.54) is 0 Å². The Morgan fingerprint density at radius 2 is 1.02 bits per heavy atom. The second-order valence-corrected chi connectivity index (χ2v) is 16.7. The molecule has 0 amide bonds. The van der Waals surface area contributed by atoms with Gasteiger partial charge in [-0.15, -0.1) is 3.77 Å². The van der Waals surface area contributed by atoms with Gasteiger partial charge >= 0.3 is 0 Å². The summed E-state index contributed by atoms with van der Waals surface area (Å²) in [4.78, 5) is 0.135. The van der Waals surface area contributed by atoms with E-state index in [2.05, 4.69) is 3.77 Å². The van der Waals surface area contributed by atoms with Crippen molar-refractivity contribution in [3.8, 4) is 0 Å². The van der Waals surface area contributed by atoms with Gasteiger partial charge in [0.05, 0.1) is 37.9 Å². The summed E-state index contributed by atoms with van der Waals surface area (Å²) < 4.78 is 65.9. The Morgan fingerprint density at radius 1 is 0.585 bits per heavy atom. The summed E-state index contributed by atoms with van der Waals surface area (Å²) in [5.74, 6) is 0.402. The fourth-order valence-corrected chi connectivity index (χ4v) is 9.84. The first-order valence-corrected chi connectivity index (χ1v) is 20.7. The molecule has 1 unspecified atom stereocenters. The molecule has 1 aliphatic heterocycles. The Morgan fingerprint density at radius 3 is 1.49 bits per heavy atom. The predicted molar refractivity (Wildman–Crippen MR) is 209 cm³/mol. The van der Waals surface area contributed by atoms with Gasteiger partial charge in [-0.2, -0.15) is 8.42 Å². The second kappa shape index (κ2) is 19.4. The van der Waals surface area contributed by atoms with Crippen molar-refractivity contribution in [1.29, 1.82) is 0 Å². The lowest BCUT2D eigenvalue weighted by Gasteiger charge is -2.46. The van der Waals surface area contributed by atoms with E-state index in [9.17, 15) is 8.42 Å². The summed E-state index contributed by atoms with van der Waals surface area (Å²) >= 11 is 0. The van der Waals surface area contributed by atoms with Crippen LogP contribution in [0.2, 0.25) is 0 Å². The normalized spacial score (nSPS) is 21.0. The van der Waals surface area contributed by atoms with E-state index in [4.69, 9.17) is 23.7 Å². The minimum atomic E-state index is -4.03. The van der Waals surface area contributed by atoms with Crippen molar-refractivity contribution in [3.63, 3.8) is 0 Å². The topological polar surface area (TPSA) is 92.7 Å². The molecule has 0 radical (unpaired) electrons. The summed E-state index contributed by atoms with van der Waals surface area (Å²) in [6.45, 7) is 5.22. The summed E-state index contributed by atoms with van der Waals surface area (Å²) in [6.07, 6.45) is -2.69. The molecule has 1 saturated heterocycles. The summed E-state index contributed by atoms with van der Waals surface area (Å²) in [7, 11) is -5.20. The first-order chi connectivity index (χ1) is 25.9. The SMILES string of the molecule is CC/S(=N\S(=O)(=O)c1ccc(C)cc1)[C@@H]1O[C@H](COCc2ccccc2)[C@@H](OCc2ccccc2)[C@H](OCc2ccccc2)[C@H]1OCc1ccccc1. The van der Waals surface area contributed by atoms with E-state index >= 15 is 0 Å². The minimum Gasteiger partial charge on any atom is -0.374 e. The van der Waals surface area contributed by atoms with Crippen LogP contribution in [0.3, 0.4) is 0 Å². The zero-order valence-corrected chi connectivity index (χ0v) is 31.7. The van der Waals surface area contributed by atoms with Crippen LogP contribution in [-0.4, -0.2) is 50.6 Å². The maximum atomic E-state index is 13.8. The lowest BCUT2D eigenvalue weighted by molar-refractivity contribution is -0.255. The average Bonchev–Trinajstić information content (AvgIpc) is 3.19. The van der Waals surface area contributed by atoms with E-state index in [0.29, 0.717) is 19.0 Å². The smallest absolute Gasteiger partial charge is 0.287 e. The lowest BCUT2D eigenvalue weighted by atomic mass is 9.98. The average molecular weight is 754 g/mol. The highest BCUT2D eigenvalue weighted by Gasteiger charge is 2.50. The zero-order chi connectivity index (χ0) is 36.9. The molecule has 1 fully saturated rings. The second-order valence-electron chi connectivity index (χ2n) is 12.9. The van der Waals surface area contributed by atoms with Crippen LogP contribution in [0.4, 0.5) is 0 Å². The monoisotopic (exact) mass is 753 g/mol. The van der Waals surface area contributed by atoms with Crippen LogP contribution < -0.4 is 0 Å². The standard InChI is InChI=1S/C43H47NO7S2/c1-3-52(44-53(45,46)38-26-24-33(2)25-27-38)43-42(50-31-37-22-14-7-15-23-37)41(49-30-36-20-12-6-13-21-36)40(48-29-35-18-10-5-11-19-35)39(51-43)32-47-28-34-16-8-4-9-17-34/h4-27,39-43H,3,28-32H2,1-2H3/t39-,40-,41+,42-,43+,52?/m1/s1. The number of aryl methyl sites for hydroxylation is 1. The Balaban J connectivity index is 1.40. The summed E-state index contributed by atoms with van der Waals surface area (Å²) in [5.41, 5.74) is 4.14. The number of sulfonamides is 1. The number of benzene rings is 5. The van der Waals surface area contributed by atoms with Crippen molar-refractivity contribution < 1.29 is 32.1 Å². The van der Waals surface area contributed by atoms with Gasteiger partial charge in [-0.05, 0) is 41.3 Å². The molecule has 0 N–H and O–H groups in total. The molecule has 278 valence electrons. The molecule has 6 rings (SSSR count). The number of ether oxygens (including phenoxy) is 5. The van der Waals surface area contributed by atoms with Gasteiger partial charge in [-0.25, -0.2) is 0 Å². The zero-order valence-electron chi connectivity index (χ0n) is 30.1. The van der Waals surface area contributed by atoms with E-state index in [-0.39, 0.29) is 24.7 Å². The third-order valence-corrected chi connectivity index (χ3v) is 12.8. The number of hydrogen-bond donors (Lipinski definition) is 0. The van der Waals surface area contributed by atoms with Crippen molar-refractivity contribution >= 4 is 20.7 Å². The Hall–Kier alpha value is -4.00. The van der Waals surface area contributed by atoms with Crippen molar-refractivity contribution in [3.05, 3.63) is 173 Å². The van der Waals surface area contributed by atoms with Crippen LogP contribution >= 0.6 is 0 Å². The molecule has 1 heterocycles. The van der Waals surface area contributed by atoms with Crippen LogP contribution in [0, 0.1) is 6.92 Å². The molecule has 5 aromatic carbocycles. The molecule has 10 heteroatoms. The third kappa shape index (κ3) is 11.0. The highest BCUT2D eigenvalue weighted by Crippen LogP contribution is 2.34.